The van der Waals surface area contributed by atoms with Crippen molar-refractivity contribution in [1.29, 1.82) is 0 Å². The van der Waals surface area contributed by atoms with Gasteiger partial charge in [-0.25, -0.2) is 0 Å². The van der Waals surface area contributed by atoms with Crippen LogP contribution in [0.4, 0.5) is 0 Å². The number of alkyl halides is 4. The van der Waals surface area contributed by atoms with Crippen LogP contribution in [-0.4, -0.2) is 15.5 Å². The van der Waals surface area contributed by atoms with E-state index in [1.807, 2.05) is 0 Å². The molecule has 0 aromatic rings. The first-order valence-corrected chi connectivity index (χ1v) is 3.97. The first-order valence-electron chi connectivity index (χ1n) is 2.34. The number of halogens is 4. The predicted molar refractivity (Wildman–Crippen MR) is 39.4 cm³/mol. The summed E-state index contributed by atoms with van der Waals surface area (Å²) in [5.41, 5.74) is -1.15. The Morgan fingerprint density at radius 2 is 1.89 bits per heavy atom. The van der Waals surface area contributed by atoms with Gasteiger partial charge >= 0.3 is 0 Å². The van der Waals surface area contributed by atoms with E-state index in [1.165, 1.54) is 0 Å². The molecule has 0 aromatic heterocycles. The van der Waals surface area contributed by atoms with Gasteiger partial charge in [-0.05, 0) is 0 Å². The lowest BCUT2D eigenvalue weighted by molar-refractivity contribution is 0.140. The predicted octanol–water partition coefficient (Wildman–Crippen LogP) is 2.71. The van der Waals surface area contributed by atoms with Crippen molar-refractivity contribution in [2.24, 2.45) is 0 Å². The van der Waals surface area contributed by atoms with Gasteiger partial charge in [0.25, 0.3) is 0 Å². The Kier molecular flexibility index (Phi) is 2.40. The van der Waals surface area contributed by atoms with Crippen molar-refractivity contribution in [3.05, 3.63) is 0 Å². The van der Waals surface area contributed by atoms with Crippen LogP contribution in [0.5, 0.6) is 0 Å². The smallest absolute Gasteiger partial charge is 0.166 e. The molecule has 2 atom stereocenters. The van der Waals surface area contributed by atoms with Gasteiger partial charge in [0.15, 0.2) is 9.90 Å². The Bertz CT molecular complexity index is 115. The zero-order valence-electron chi connectivity index (χ0n) is 4.28. The molecule has 9 heavy (non-hydrogen) atoms. The average molecular weight is 210 g/mol. The Morgan fingerprint density at radius 3 is 2.00 bits per heavy atom. The monoisotopic (exact) mass is 208 g/mol. The second-order valence-corrected chi connectivity index (χ2v) is 4.25. The maximum atomic E-state index is 5.64. The zero-order chi connectivity index (χ0) is 7.07. The van der Waals surface area contributed by atoms with E-state index in [1.54, 1.807) is 0 Å². The topological polar surface area (TPSA) is 9.23 Å². The quantitative estimate of drug-likeness (QED) is 0.558. The molecule has 1 rings (SSSR count). The Hall–Kier alpha value is 1.12. The summed E-state index contributed by atoms with van der Waals surface area (Å²) in [5.74, 6) is 0. The van der Waals surface area contributed by atoms with Gasteiger partial charge in [0.1, 0.15) is 5.56 Å². The fraction of sp³-hybridized carbons (Fsp3) is 1.00. The molecule has 1 aliphatic heterocycles. The van der Waals surface area contributed by atoms with Gasteiger partial charge in [-0.2, -0.15) is 0 Å². The van der Waals surface area contributed by atoms with Crippen molar-refractivity contribution in [3.63, 3.8) is 0 Å². The minimum Gasteiger partial charge on any atom is -0.340 e. The number of rotatable bonds is 0. The van der Waals surface area contributed by atoms with Crippen LogP contribution in [0.1, 0.15) is 6.42 Å². The summed E-state index contributed by atoms with van der Waals surface area (Å²) < 4.78 is 3.82. The summed E-state index contributed by atoms with van der Waals surface area (Å²) in [5, 5.41) is 0. The first kappa shape index (κ1) is 8.22. The highest BCUT2D eigenvalue weighted by Crippen LogP contribution is 2.42. The van der Waals surface area contributed by atoms with Crippen LogP contribution < -0.4 is 0 Å². The molecule has 5 heteroatoms. The van der Waals surface area contributed by atoms with Gasteiger partial charge in [-0.1, -0.05) is 46.4 Å². The lowest BCUT2D eigenvalue weighted by atomic mass is 10.4. The van der Waals surface area contributed by atoms with E-state index in [4.69, 9.17) is 51.1 Å². The van der Waals surface area contributed by atoms with Crippen LogP contribution in [0.2, 0.25) is 0 Å². The minimum absolute atomic E-state index is 0.367. The van der Waals surface area contributed by atoms with Crippen molar-refractivity contribution >= 4 is 46.4 Å². The summed E-state index contributed by atoms with van der Waals surface area (Å²) >= 11 is 22.3. The molecule has 0 amide bonds. The minimum atomic E-state index is -1.02. The Balaban J connectivity index is 2.58. The normalized spacial score (nSPS) is 41.3. The third kappa shape index (κ3) is 1.78. The molecule has 0 N–H and O–H groups in total. The Labute approximate surface area is 73.2 Å². The van der Waals surface area contributed by atoms with Gasteiger partial charge < -0.3 is 4.74 Å². The molecule has 1 saturated heterocycles. The van der Waals surface area contributed by atoms with Gasteiger partial charge in [-0.15, -0.1) is 0 Å². The van der Waals surface area contributed by atoms with E-state index in [0.717, 1.165) is 0 Å². The highest BCUT2D eigenvalue weighted by molar-refractivity contribution is 6.52. The standard InChI is InChI=1S/C4H4Cl4O/c5-2-1-4(7,8)3(6)9-2/h2-3H,1H2. The summed E-state index contributed by atoms with van der Waals surface area (Å²) in [6, 6.07) is 0. The SMILES string of the molecule is ClC1CC(Cl)(Cl)C(Cl)O1. The van der Waals surface area contributed by atoms with E-state index in [9.17, 15) is 0 Å². The van der Waals surface area contributed by atoms with Crippen LogP contribution in [0, 0.1) is 0 Å². The molecule has 1 nitrogen and oxygen atoms in total. The van der Waals surface area contributed by atoms with Crippen LogP contribution in [0.25, 0.3) is 0 Å². The third-order valence-corrected chi connectivity index (χ3v) is 2.69. The van der Waals surface area contributed by atoms with E-state index >= 15 is 0 Å². The number of ether oxygens (including phenoxy) is 1. The number of hydrogen-bond acceptors (Lipinski definition) is 1. The molecular weight excluding hydrogens is 206 g/mol. The van der Waals surface area contributed by atoms with Gasteiger partial charge in [-0.3, -0.25) is 0 Å². The van der Waals surface area contributed by atoms with E-state index in [-0.39, 0.29) is 0 Å². The molecule has 0 bridgehead atoms. The highest BCUT2D eigenvalue weighted by atomic mass is 35.5. The molecule has 0 aromatic carbocycles. The van der Waals surface area contributed by atoms with Crippen LogP contribution in [0.3, 0.4) is 0 Å². The van der Waals surface area contributed by atoms with Gasteiger partial charge in [0.2, 0.25) is 0 Å². The lowest BCUT2D eigenvalue weighted by Gasteiger charge is -2.11. The molecule has 2 unspecified atom stereocenters. The van der Waals surface area contributed by atoms with Crippen molar-refractivity contribution < 1.29 is 4.74 Å². The van der Waals surface area contributed by atoms with E-state index in [0.29, 0.717) is 6.42 Å². The molecule has 1 aliphatic rings. The molecule has 1 heterocycles. The van der Waals surface area contributed by atoms with E-state index in [2.05, 4.69) is 0 Å². The maximum Gasteiger partial charge on any atom is 0.166 e. The molecular formula is C4H4Cl4O. The van der Waals surface area contributed by atoms with Gasteiger partial charge in [0.05, 0.1) is 0 Å². The molecule has 0 aliphatic carbocycles. The summed E-state index contributed by atoms with van der Waals surface area (Å²) in [4.78, 5) is 0. The molecule has 0 saturated carbocycles. The second-order valence-electron chi connectivity index (χ2n) is 1.83. The van der Waals surface area contributed by atoms with Crippen LogP contribution in [0.15, 0.2) is 0 Å². The second kappa shape index (κ2) is 2.63. The van der Waals surface area contributed by atoms with E-state index < -0.39 is 15.5 Å². The van der Waals surface area contributed by atoms with Crippen molar-refractivity contribution in [3.8, 4) is 0 Å². The molecule has 54 valence electrons. The lowest BCUT2D eigenvalue weighted by Crippen LogP contribution is -2.19. The van der Waals surface area contributed by atoms with Crippen molar-refractivity contribution in [1.82, 2.24) is 0 Å². The Morgan fingerprint density at radius 1 is 1.33 bits per heavy atom. The van der Waals surface area contributed by atoms with Crippen molar-refractivity contribution in [2.45, 2.75) is 21.9 Å². The first-order chi connectivity index (χ1) is 4.02. The summed E-state index contributed by atoms with van der Waals surface area (Å²) in [6.45, 7) is 0. The van der Waals surface area contributed by atoms with Crippen molar-refractivity contribution in [2.75, 3.05) is 0 Å². The fourth-order valence-electron chi connectivity index (χ4n) is 0.584. The largest absolute Gasteiger partial charge is 0.340 e. The van der Waals surface area contributed by atoms with Gasteiger partial charge in [0, 0.05) is 6.42 Å². The van der Waals surface area contributed by atoms with Crippen LogP contribution in [-0.2, 0) is 4.74 Å². The fourth-order valence-corrected chi connectivity index (χ4v) is 1.74. The van der Waals surface area contributed by atoms with Crippen LogP contribution >= 0.6 is 46.4 Å². The average Bonchev–Trinajstić information content (AvgIpc) is 1.79. The number of hydrogen-bond donors (Lipinski definition) is 0. The molecule has 0 spiro atoms. The summed E-state index contributed by atoms with van der Waals surface area (Å²) in [7, 11) is 0. The highest BCUT2D eigenvalue weighted by Gasteiger charge is 2.44. The summed E-state index contributed by atoms with van der Waals surface area (Å²) in [6.07, 6.45) is 0.367. The third-order valence-electron chi connectivity index (χ3n) is 1.03. The molecule has 1 fully saturated rings. The molecule has 0 radical (unpaired) electrons. The maximum absolute atomic E-state index is 5.64. The zero-order valence-corrected chi connectivity index (χ0v) is 7.31.